The number of morpholine rings is 1. The van der Waals surface area contributed by atoms with E-state index < -0.39 is 36.0 Å². The van der Waals surface area contributed by atoms with Crippen molar-refractivity contribution in [2.75, 3.05) is 19.8 Å². The lowest BCUT2D eigenvalue weighted by Crippen LogP contribution is -2.54. The highest BCUT2D eigenvalue weighted by atomic mass is 19.4. The highest BCUT2D eigenvalue weighted by Crippen LogP contribution is 2.28. The van der Waals surface area contributed by atoms with E-state index in [1.54, 1.807) is 4.90 Å². The molecule has 3 amide bonds. The van der Waals surface area contributed by atoms with Gasteiger partial charge in [0.05, 0.1) is 19.3 Å². The Bertz CT molecular complexity index is 1240. The lowest BCUT2D eigenvalue weighted by molar-refractivity contribution is -0.169. The third-order valence-corrected chi connectivity index (χ3v) is 5.90. The molecule has 2 heterocycles. The fourth-order valence-corrected chi connectivity index (χ4v) is 3.95. The summed E-state index contributed by atoms with van der Waals surface area (Å²) in [4.78, 5) is 45.1. The fourth-order valence-electron chi connectivity index (χ4n) is 3.95. The van der Waals surface area contributed by atoms with E-state index in [-0.39, 0.29) is 23.6 Å². The van der Waals surface area contributed by atoms with Crippen molar-refractivity contribution in [2.45, 2.75) is 31.2 Å². The van der Waals surface area contributed by atoms with Crippen molar-refractivity contribution in [3.05, 3.63) is 65.2 Å². The Kier molecular flexibility index (Phi) is 7.67. The van der Waals surface area contributed by atoms with E-state index in [0.29, 0.717) is 31.7 Å². The number of hydrogen-bond donors (Lipinski definition) is 1. The predicted octanol–water partition coefficient (Wildman–Crippen LogP) is 2.31. The van der Waals surface area contributed by atoms with Gasteiger partial charge in [0.1, 0.15) is 11.6 Å². The third-order valence-electron chi connectivity index (χ3n) is 5.90. The minimum absolute atomic E-state index is 0.0321. The molecule has 1 fully saturated rings. The Morgan fingerprint density at radius 2 is 1.76 bits per heavy atom. The molecule has 194 valence electrons. The summed E-state index contributed by atoms with van der Waals surface area (Å²) in [5, 5.41) is 0. The van der Waals surface area contributed by atoms with Gasteiger partial charge in [-0.15, -0.1) is 0 Å². The number of alkyl halides is 3. The number of carbonyl (C=O) groups is 3. The van der Waals surface area contributed by atoms with Crippen molar-refractivity contribution in [3.63, 3.8) is 0 Å². The molecule has 0 bridgehead atoms. The number of aryl methyl sites for hydroxylation is 1. The monoisotopic (exact) mass is 516 g/mol. The molecule has 2 atom stereocenters. The van der Waals surface area contributed by atoms with E-state index in [1.807, 2.05) is 24.3 Å². The number of halogens is 3. The van der Waals surface area contributed by atoms with Gasteiger partial charge in [0.15, 0.2) is 6.10 Å². The maximum Gasteiger partial charge on any atom is 0.473 e. The van der Waals surface area contributed by atoms with Gasteiger partial charge in [-0.05, 0) is 36.6 Å². The van der Waals surface area contributed by atoms with E-state index in [2.05, 4.69) is 9.98 Å². The normalized spacial score (nSPS) is 20.3. The molecule has 2 aromatic rings. The largest absolute Gasteiger partial charge is 0.480 e. The van der Waals surface area contributed by atoms with Crippen molar-refractivity contribution < 1.29 is 37.0 Å². The topological polar surface area (TPSA) is 124 Å². The van der Waals surface area contributed by atoms with Crippen molar-refractivity contribution in [1.82, 2.24) is 4.90 Å². The Labute approximate surface area is 209 Å². The molecule has 0 aromatic heterocycles. The zero-order chi connectivity index (χ0) is 26.6. The first kappa shape index (κ1) is 26.0. The first-order chi connectivity index (χ1) is 17.6. The van der Waals surface area contributed by atoms with Crippen LogP contribution in [-0.4, -0.2) is 72.8 Å². The van der Waals surface area contributed by atoms with Gasteiger partial charge in [0.2, 0.25) is 0 Å². The average Bonchev–Trinajstić information content (AvgIpc) is 2.90. The van der Waals surface area contributed by atoms with Crippen molar-refractivity contribution >= 4 is 29.8 Å². The molecule has 1 saturated heterocycles. The molecule has 2 aromatic carbocycles. The van der Waals surface area contributed by atoms with Crippen molar-refractivity contribution in [2.24, 2.45) is 15.7 Å². The molecular formula is C25H23F3N4O5. The Balaban J connectivity index is 1.41. The standard InChI is InChI=1S/C25H23F3N4O5/c26-25(27,28)24(35)31-21(29)16-5-7-17(8-6-16)22(33)30-13-18-14-36-12-11-32(18)23(34)20-10-9-15-3-1-2-4-19(15)37-20/h1-8,13,18,20H,9-12,14H2,(H2,29,31,35). The van der Waals surface area contributed by atoms with Crippen LogP contribution in [0.4, 0.5) is 13.2 Å². The molecule has 37 heavy (non-hydrogen) atoms. The molecule has 0 aliphatic carbocycles. The second-order valence-corrected chi connectivity index (χ2v) is 8.39. The van der Waals surface area contributed by atoms with E-state index in [4.69, 9.17) is 15.2 Å². The highest BCUT2D eigenvalue weighted by Gasteiger charge is 2.39. The fraction of sp³-hybridized carbons (Fsp3) is 0.320. The zero-order valence-electron chi connectivity index (χ0n) is 19.5. The lowest BCUT2D eigenvalue weighted by Gasteiger charge is -2.36. The number of nitrogens with two attached hydrogens (primary N) is 1. The number of hydrogen-bond acceptors (Lipinski definition) is 5. The summed E-state index contributed by atoms with van der Waals surface area (Å²) in [7, 11) is 0. The minimum atomic E-state index is -5.14. The van der Waals surface area contributed by atoms with E-state index in [0.717, 1.165) is 5.56 Å². The van der Waals surface area contributed by atoms with Gasteiger partial charge in [0, 0.05) is 23.9 Å². The summed E-state index contributed by atoms with van der Waals surface area (Å²) in [6.45, 7) is 0.814. The zero-order valence-corrected chi connectivity index (χ0v) is 19.5. The number of aliphatic imine (C=N–C) groups is 2. The molecule has 9 nitrogen and oxygen atoms in total. The van der Waals surface area contributed by atoms with Crippen LogP contribution in [0, 0.1) is 0 Å². The van der Waals surface area contributed by atoms with Gasteiger partial charge < -0.3 is 20.1 Å². The van der Waals surface area contributed by atoms with Crippen molar-refractivity contribution in [1.29, 1.82) is 0 Å². The SMILES string of the molecule is NC(=NC(=O)C(F)(F)F)c1ccc(C(=O)N=CC2COCCN2C(=O)C2CCc3ccccc3O2)cc1. The smallest absolute Gasteiger partial charge is 0.473 e. The van der Waals surface area contributed by atoms with E-state index in [1.165, 1.54) is 30.5 Å². The Morgan fingerprint density at radius 3 is 2.49 bits per heavy atom. The van der Waals surface area contributed by atoms with Crippen LogP contribution in [0.3, 0.4) is 0 Å². The molecular weight excluding hydrogens is 493 g/mol. The van der Waals surface area contributed by atoms with Gasteiger partial charge in [-0.3, -0.25) is 14.4 Å². The van der Waals surface area contributed by atoms with Gasteiger partial charge in [-0.1, -0.05) is 30.3 Å². The van der Waals surface area contributed by atoms with Crippen LogP contribution in [-0.2, 0) is 20.7 Å². The van der Waals surface area contributed by atoms with Gasteiger partial charge in [-0.25, -0.2) is 4.99 Å². The van der Waals surface area contributed by atoms with Crippen LogP contribution >= 0.6 is 0 Å². The second kappa shape index (κ2) is 10.9. The minimum Gasteiger partial charge on any atom is -0.480 e. The molecule has 0 spiro atoms. The number of nitrogens with zero attached hydrogens (tertiary/aromatic N) is 3. The first-order valence-corrected chi connectivity index (χ1v) is 11.4. The van der Waals surface area contributed by atoms with Crippen LogP contribution in [0.25, 0.3) is 0 Å². The number of rotatable bonds is 4. The van der Waals surface area contributed by atoms with E-state index >= 15 is 0 Å². The summed E-state index contributed by atoms with van der Waals surface area (Å²) in [5.41, 5.74) is 6.66. The third kappa shape index (κ3) is 6.20. The Morgan fingerprint density at radius 1 is 1.05 bits per heavy atom. The summed E-state index contributed by atoms with van der Waals surface area (Å²) in [6, 6.07) is 12.1. The Hall–Kier alpha value is -4.06. The van der Waals surface area contributed by atoms with Crippen LogP contribution in [0.1, 0.15) is 27.9 Å². The molecule has 2 aliphatic heterocycles. The number of amides is 3. The number of amidine groups is 1. The summed E-state index contributed by atoms with van der Waals surface area (Å²) >= 11 is 0. The quantitative estimate of drug-likeness (QED) is 0.492. The molecule has 2 aliphatic rings. The summed E-state index contributed by atoms with van der Waals surface area (Å²) in [5.74, 6) is -3.14. The van der Waals surface area contributed by atoms with Crippen LogP contribution in [0.5, 0.6) is 5.75 Å². The van der Waals surface area contributed by atoms with Crippen LogP contribution in [0.2, 0.25) is 0 Å². The number of ether oxygens (including phenoxy) is 2. The molecule has 0 radical (unpaired) electrons. The number of para-hydroxylation sites is 1. The van der Waals surface area contributed by atoms with Gasteiger partial charge >= 0.3 is 12.1 Å². The number of benzene rings is 2. The van der Waals surface area contributed by atoms with Gasteiger partial charge in [-0.2, -0.15) is 18.2 Å². The van der Waals surface area contributed by atoms with Crippen LogP contribution < -0.4 is 10.5 Å². The highest BCUT2D eigenvalue weighted by molar-refractivity contribution is 6.06. The first-order valence-electron chi connectivity index (χ1n) is 11.4. The lowest BCUT2D eigenvalue weighted by atomic mass is 10.0. The van der Waals surface area contributed by atoms with Gasteiger partial charge in [0.25, 0.3) is 11.8 Å². The molecule has 2 unspecified atom stereocenters. The number of carbonyl (C=O) groups excluding carboxylic acids is 3. The molecule has 0 saturated carbocycles. The maximum atomic E-state index is 13.2. The second-order valence-electron chi connectivity index (χ2n) is 8.39. The summed E-state index contributed by atoms with van der Waals surface area (Å²) in [6.07, 6.45) is -3.21. The van der Waals surface area contributed by atoms with Crippen molar-refractivity contribution in [3.8, 4) is 5.75 Å². The maximum absolute atomic E-state index is 13.2. The summed E-state index contributed by atoms with van der Waals surface area (Å²) < 4.78 is 48.5. The number of fused-ring (bicyclic) bond motifs is 1. The van der Waals surface area contributed by atoms with E-state index in [9.17, 15) is 27.6 Å². The molecule has 12 heteroatoms. The molecule has 4 rings (SSSR count). The molecule has 2 N–H and O–H groups in total. The predicted molar refractivity (Wildman–Crippen MR) is 127 cm³/mol. The average molecular weight is 516 g/mol. The van der Waals surface area contributed by atoms with Crippen LogP contribution in [0.15, 0.2) is 58.5 Å².